The maximum Gasteiger partial charge on any atom is 0.0713 e. The van der Waals surface area contributed by atoms with E-state index in [9.17, 15) is 0 Å². The van der Waals surface area contributed by atoms with Gasteiger partial charge in [-0.1, -0.05) is 18.2 Å². The molecule has 12 heavy (non-hydrogen) atoms. The second-order valence-electron chi connectivity index (χ2n) is 3.63. The molecule has 1 nitrogen and oxygen atoms in total. The smallest absolute Gasteiger partial charge is 0.0713 e. The molecule has 1 atom stereocenters. The van der Waals surface area contributed by atoms with E-state index < -0.39 is 0 Å². The molecule has 1 unspecified atom stereocenters. The van der Waals surface area contributed by atoms with Crippen molar-refractivity contribution in [3.05, 3.63) is 11.6 Å². The summed E-state index contributed by atoms with van der Waals surface area (Å²) in [5.41, 5.74) is 1.47. The van der Waals surface area contributed by atoms with E-state index >= 15 is 0 Å². The van der Waals surface area contributed by atoms with Crippen LogP contribution in [0.15, 0.2) is 11.6 Å². The molecule has 0 aromatic heterocycles. The number of allylic oxidation sites excluding steroid dienone is 1. The Labute approximate surface area is 78.0 Å². The van der Waals surface area contributed by atoms with E-state index in [0.717, 1.165) is 6.61 Å². The topological polar surface area (TPSA) is 9.23 Å². The molecule has 1 fully saturated rings. The van der Waals surface area contributed by atoms with Crippen molar-refractivity contribution < 1.29 is 4.74 Å². The van der Waals surface area contributed by atoms with E-state index in [1.807, 2.05) is 0 Å². The Morgan fingerprint density at radius 3 is 2.67 bits per heavy atom. The van der Waals surface area contributed by atoms with Crippen LogP contribution in [0.5, 0.6) is 0 Å². The Balaban J connectivity index is 2.73. The van der Waals surface area contributed by atoms with Gasteiger partial charge in [-0.3, -0.25) is 0 Å². The Morgan fingerprint density at radius 2 is 2.25 bits per heavy atom. The van der Waals surface area contributed by atoms with Crippen molar-refractivity contribution in [3.63, 3.8) is 0 Å². The molecule has 0 saturated carbocycles. The molecule has 2 heteroatoms. The van der Waals surface area contributed by atoms with Gasteiger partial charge in [-0.15, -0.1) is 0 Å². The Morgan fingerprint density at radius 1 is 1.50 bits per heavy atom. The molecule has 0 amide bonds. The molecule has 0 aliphatic carbocycles. The van der Waals surface area contributed by atoms with Crippen LogP contribution in [-0.2, 0) is 4.74 Å². The van der Waals surface area contributed by atoms with Gasteiger partial charge in [0.25, 0.3) is 0 Å². The molecular formula is C10H20OSi. The largest absolute Gasteiger partial charge is 0.375 e. The fraction of sp³-hybridized carbons (Fsp3) is 0.800. The van der Waals surface area contributed by atoms with E-state index in [2.05, 4.69) is 26.5 Å². The van der Waals surface area contributed by atoms with Crippen LogP contribution < -0.4 is 0 Å². The highest BCUT2D eigenvalue weighted by atomic mass is 28.2. The van der Waals surface area contributed by atoms with Gasteiger partial charge in [0.05, 0.1) is 14.7 Å². The predicted molar refractivity (Wildman–Crippen MR) is 56.4 cm³/mol. The van der Waals surface area contributed by atoms with E-state index in [4.69, 9.17) is 4.74 Å². The lowest BCUT2D eigenvalue weighted by Gasteiger charge is -2.37. The Hall–Kier alpha value is -0.0831. The van der Waals surface area contributed by atoms with E-state index in [1.54, 1.807) is 0 Å². The first kappa shape index (κ1) is 10.0. The van der Waals surface area contributed by atoms with E-state index in [1.165, 1.54) is 24.8 Å². The summed E-state index contributed by atoms with van der Waals surface area (Å²) in [5, 5.41) is 0.229. The van der Waals surface area contributed by atoms with Crippen molar-refractivity contribution in [1.29, 1.82) is 0 Å². The van der Waals surface area contributed by atoms with Gasteiger partial charge in [-0.25, -0.2) is 0 Å². The molecule has 0 spiro atoms. The first-order chi connectivity index (χ1) is 5.75. The number of ether oxygens (including phenoxy) is 1. The van der Waals surface area contributed by atoms with Gasteiger partial charge in [0.1, 0.15) is 0 Å². The third kappa shape index (κ3) is 1.80. The summed E-state index contributed by atoms with van der Waals surface area (Å²) < 4.78 is 5.96. The first-order valence-electron chi connectivity index (χ1n) is 5.02. The Bertz CT molecular complexity index is 169. The number of rotatable bonds is 2. The van der Waals surface area contributed by atoms with Gasteiger partial charge in [0.15, 0.2) is 0 Å². The highest BCUT2D eigenvalue weighted by Crippen LogP contribution is 2.30. The van der Waals surface area contributed by atoms with Gasteiger partial charge < -0.3 is 4.74 Å². The molecular weight excluding hydrogens is 164 g/mol. The summed E-state index contributed by atoms with van der Waals surface area (Å²) in [6.45, 7) is 7.69. The summed E-state index contributed by atoms with van der Waals surface area (Å²) in [4.78, 5) is 0. The van der Waals surface area contributed by atoms with Crippen LogP contribution in [0.25, 0.3) is 0 Å². The summed E-state index contributed by atoms with van der Waals surface area (Å²) in [5.74, 6) is 0. The minimum absolute atomic E-state index is 0.0876. The lowest BCUT2D eigenvalue weighted by molar-refractivity contribution is 0.00516. The van der Waals surface area contributed by atoms with Crippen LogP contribution in [0.2, 0.25) is 6.55 Å². The third-order valence-electron chi connectivity index (χ3n) is 3.08. The summed E-state index contributed by atoms with van der Waals surface area (Å²) in [6, 6.07) is 0. The minimum Gasteiger partial charge on any atom is -0.375 e. The van der Waals surface area contributed by atoms with Crippen LogP contribution >= 0.6 is 0 Å². The quantitative estimate of drug-likeness (QED) is 0.471. The lowest BCUT2D eigenvalue weighted by atomic mass is 10.0. The second kappa shape index (κ2) is 4.24. The zero-order chi connectivity index (χ0) is 9.03. The van der Waals surface area contributed by atoms with Gasteiger partial charge in [-0.2, -0.15) is 0 Å². The molecule has 1 aliphatic rings. The maximum atomic E-state index is 5.96. The Kier molecular flexibility index (Phi) is 3.53. The molecule has 0 aromatic carbocycles. The lowest BCUT2D eigenvalue weighted by Crippen LogP contribution is -2.42. The van der Waals surface area contributed by atoms with Crippen molar-refractivity contribution in [2.45, 2.75) is 44.9 Å². The summed E-state index contributed by atoms with van der Waals surface area (Å²) >= 11 is 0. The molecule has 0 bridgehead atoms. The normalized spacial score (nSPS) is 33.1. The zero-order valence-corrected chi connectivity index (χ0v) is 9.94. The maximum absolute atomic E-state index is 5.96. The molecule has 0 aromatic rings. The highest BCUT2D eigenvalue weighted by Gasteiger charge is 2.32. The molecule has 1 aliphatic heterocycles. The average molecular weight is 184 g/mol. The van der Waals surface area contributed by atoms with Crippen molar-refractivity contribution in [3.8, 4) is 0 Å². The van der Waals surface area contributed by atoms with Crippen molar-refractivity contribution >= 4 is 9.52 Å². The van der Waals surface area contributed by atoms with Gasteiger partial charge in [0.2, 0.25) is 0 Å². The highest BCUT2D eigenvalue weighted by molar-refractivity contribution is 6.39. The second-order valence-corrected chi connectivity index (χ2v) is 5.47. The van der Waals surface area contributed by atoms with Gasteiger partial charge in [0, 0.05) is 6.61 Å². The SMILES string of the molecule is CC=C(C)C1([SiH2]C)CCCCO1. The summed E-state index contributed by atoms with van der Waals surface area (Å²) in [6.07, 6.45) is 6.10. The molecule has 0 N–H and O–H groups in total. The minimum atomic E-state index is -0.0876. The van der Waals surface area contributed by atoms with Gasteiger partial charge >= 0.3 is 0 Å². The van der Waals surface area contributed by atoms with Crippen molar-refractivity contribution in [2.75, 3.05) is 6.61 Å². The fourth-order valence-electron chi connectivity index (χ4n) is 1.98. The molecule has 0 radical (unpaired) electrons. The zero-order valence-electron chi connectivity index (χ0n) is 8.52. The van der Waals surface area contributed by atoms with E-state index in [-0.39, 0.29) is 14.7 Å². The molecule has 1 saturated heterocycles. The number of hydrogen-bond acceptors (Lipinski definition) is 1. The molecule has 1 rings (SSSR count). The standard InChI is InChI=1S/C10H20OSi/c1-4-9(2)10(12-3)7-5-6-8-11-10/h4H,5-8,12H2,1-3H3. The van der Waals surface area contributed by atoms with Crippen LogP contribution in [0.1, 0.15) is 33.1 Å². The van der Waals surface area contributed by atoms with Crippen LogP contribution in [0, 0.1) is 0 Å². The fourth-order valence-corrected chi connectivity index (χ4v) is 3.70. The molecule has 1 heterocycles. The third-order valence-corrected chi connectivity index (χ3v) is 5.33. The summed E-state index contributed by atoms with van der Waals surface area (Å²) in [7, 11) is -0.0876. The monoisotopic (exact) mass is 184 g/mol. The average Bonchev–Trinajstić information content (AvgIpc) is 2.17. The van der Waals surface area contributed by atoms with Crippen LogP contribution in [0.3, 0.4) is 0 Å². The predicted octanol–water partition coefficient (Wildman–Crippen LogP) is 2.07. The molecule has 70 valence electrons. The number of hydrogen-bond donors (Lipinski definition) is 0. The van der Waals surface area contributed by atoms with Crippen molar-refractivity contribution in [2.24, 2.45) is 0 Å². The van der Waals surface area contributed by atoms with E-state index in [0.29, 0.717) is 0 Å². The van der Waals surface area contributed by atoms with Crippen molar-refractivity contribution in [1.82, 2.24) is 0 Å². The van der Waals surface area contributed by atoms with Gasteiger partial charge in [-0.05, 0) is 33.1 Å². The van der Waals surface area contributed by atoms with Crippen LogP contribution in [0.4, 0.5) is 0 Å². The first-order valence-corrected chi connectivity index (χ1v) is 7.14. The van der Waals surface area contributed by atoms with Crippen LogP contribution in [-0.4, -0.2) is 21.4 Å².